The Balaban J connectivity index is 3.48. The highest BCUT2D eigenvalue weighted by atomic mass is 79.9. The number of ether oxygens (including phenoxy) is 3. The van der Waals surface area contributed by atoms with Gasteiger partial charge in [0.15, 0.2) is 11.5 Å². The highest BCUT2D eigenvalue weighted by molar-refractivity contribution is 9.10. The van der Waals surface area contributed by atoms with Crippen molar-refractivity contribution in [3.8, 4) is 17.2 Å². The fraction of sp³-hybridized carbons (Fsp3) is 0.500. The molecule has 0 saturated carbocycles. The molecule has 0 heterocycles. The first-order valence-electron chi connectivity index (χ1n) is 5.05. The lowest BCUT2D eigenvalue weighted by atomic mass is 10.0. The third-order valence-corrected chi connectivity index (χ3v) is 3.24. The molecule has 90 valence electrons. The summed E-state index contributed by atoms with van der Waals surface area (Å²) in [4.78, 5) is 0. The molecule has 0 aromatic heterocycles. The maximum Gasteiger partial charge on any atom is 0.204 e. The third kappa shape index (κ3) is 2.26. The minimum Gasteiger partial charge on any atom is -0.493 e. The van der Waals surface area contributed by atoms with E-state index in [1.54, 1.807) is 21.3 Å². The van der Waals surface area contributed by atoms with E-state index >= 15 is 0 Å². The van der Waals surface area contributed by atoms with Crippen molar-refractivity contribution in [3.63, 3.8) is 0 Å². The largest absolute Gasteiger partial charge is 0.493 e. The average Bonchev–Trinajstić information content (AvgIpc) is 2.27. The number of methoxy groups -OCH3 is 3. The summed E-state index contributed by atoms with van der Waals surface area (Å²) in [7, 11) is 4.84. The number of hydrogen-bond donors (Lipinski definition) is 0. The summed E-state index contributed by atoms with van der Waals surface area (Å²) in [5.74, 6) is 2.35. The Hall–Kier alpha value is -0.900. The van der Waals surface area contributed by atoms with Gasteiger partial charge < -0.3 is 14.2 Å². The van der Waals surface area contributed by atoms with Gasteiger partial charge in [-0.15, -0.1) is 0 Å². The van der Waals surface area contributed by atoms with Crippen molar-refractivity contribution in [1.29, 1.82) is 0 Å². The van der Waals surface area contributed by atoms with Crippen LogP contribution in [0.2, 0.25) is 0 Å². The van der Waals surface area contributed by atoms with Gasteiger partial charge >= 0.3 is 0 Å². The summed E-state index contributed by atoms with van der Waals surface area (Å²) in [6.07, 6.45) is 0. The fourth-order valence-electron chi connectivity index (χ4n) is 1.56. The lowest BCUT2D eigenvalue weighted by molar-refractivity contribution is 0.322. The topological polar surface area (TPSA) is 27.7 Å². The van der Waals surface area contributed by atoms with Gasteiger partial charge in [-0.2, -0.15) is 0 Å². The molecule has 0 spiro atoms. The highest BCUT2D eigenvalue weighted by Crippen LogP contribution is 2.46. The molecule has 0 aliphatic heterocycles. The molecule has 0 saturated heterocycles. The van der Waals surface area contributed by atoms with Gasteiger partial charge in [-0.3, -0.25) is 0 Å². The van der Waals surface area contributed by atoms with E-state index in [9.17, 15) is 0 Å². The first-order valence-corrected chi connectivity index (χ1v) is 5.84. The van der Waals surface area contributed by atoms with Crippen LogP contribution in [0.5, 0.6) is 17.2 Å². The minimum atomic E-state index is 0.378. The monoisotopic (exact) mass is 288 g/mol. The maximum absolute atomic E-state index is 5.35. The zero-order valence-corrected chi connectivity index (χ0v) is 11.8. The molecule has 0 bridgehead atoms. The van der Waals surface area contributed by atoms with Crippen molar-refractivity contribution in [2.75, 3.05) is 21.3 Å². The number of benzene rings is 1. The van der Waals surface area contributed by atoms with Gasteiger partial charge in [-0.25, -0.2) is 0 Å². The van der Waals surface area contributed by atoms with Crippen LogP contribution in [0.1, 0.15) is 25.3 Å². The molecule has 0 aliphatic carbocycles. The fourth-order valence-corrected chi connectivity index (χ4v) is 2.47. The molecule has 1 rings (SSSR count). The summed E-state index contributed by atoms with van der Waals surface area (Å²) in [6.45, 7) is 4.23. The number of rotatable bonds is 4. The van der Waals surface area contributed by atoms with Crippen molar-refractivity contribution in [1.82, 2.24) is 0 Å². The number of halogens is 1. The average molecular weight is 289 g/mol. The van der Waals surface area contributed by atoms with Crippen LogP contribution in [0, 0.1) is 0 Å². The summed E-state index contributed by atoms with van der Waals surface area (Å²) in [6, 6.07) is 1.97. The van der Waals surface area contributed by atoms with Crippen LogP contribution in [0.25, 0.3) is 0 Å². The van der Waals surface area contributed by atoms with E-state index in [1.165, 1.54) is 0 Å². The van der Waals surface area contributed by atoms with Gasteiger partial charge in [0.05, 0.1) is 25.8 Å². The second kappa shape index (κ2) is 5.43. The lowest BCUT2D eigenvalue weighted by Gasteiger charge is -2.18. The zero-order valence-electron chi connectivity index (χ0n) is 10.3. The van der Waals surface area contributed by atoms with Crippen LogP contribution in [-0.4, -0.2) is 21.3 Å². The van der Waals surface area contributed by atoms with Gasteiger partial charge in [0.25, 0.3) is 0 Å². The first kappa shape index (κ1) is 13.2. The van der Waals surface area contributed by atoms with Crippen LogP contribution < -0.4 is 14.2 Å². The van der Waals surface area contributed by atoms with E-state index in [4.69, 9.17) is 14.2 Å². The minimum absolute atomic E-state index is 0.378. The molecule has 0 fully saturated rings. The quantitative estimate of drug-likeness (QED) is 0.847. The van der Waals surface area contributed by atoms with Crippen molar-refractivity contribution < 1.29 is 14.2 Å². The number of hydrogen-bond acceptors (Lipinski definition) is 3. The molecule has 0 amide bonds. The Morgan fingerprint density at radius 2 is 1.56 bits per heavy atom. The molecule has 16 heavy (non-hydrogen) atoms. The molecule has 0 atom stereocenters. The van der Waals surface area contributed by atoms with Gasteiger partial charge in [0.1, 0.15) is 0 Å². The summed E-state index contributed by atoms with van der Waals surface area (Å²) in [5.41, 5.74) is 1.13. The van der Waals surface area contributed by atoms with Gasteiger partial charge in [-0.1, -0.05) is 13.8 Å². The van der Waals surface area contributed by atoms with Gasteiger partial charge in [-0.05, 0) is 33.5 Å². The molecular formula is C12H17BrO3. The van der Waals surface area contributed by atoms with E-state index < -0.39 is 0 Å². The SMILES string of the molecule is COc1cc(C(C)C)c(Br)c(OC)c1OC. The van der Waals surface area contributed by atoms with Crippen LogP contribution in [0.15, 0.2) is 10.5 Å². The zero-order chi connectivity index (χ0) is 12.3. The molecule has 0 aliphatic rings. The Morgan fingerprint density at radius 3 is 1.94 bits per heavy atom. The van der Waals surface area contributed by atoms with Crippen LogP contribution >= 0.6 is 15.9 Å². The molecule has 1 aromatic rings. The third-order valence-electron chi connectivity index (χ3n) is 2.42. The van der Waals surface area contributed by atoms with E-state index in [-0.39, 0.29) is 0 Å². The van der Waals surface area contributed by atoms with Crippen LogP contribution in [-0.2, 0) is 0 Å². The molecule has 0 N–H and O–H groups in total. The summed E-state index contributed by atoms with van der Waals surface area (Å²) in [5, 5.41) is 0. The van der Waals surface area contributed by atoms with Gasteiger partial charge in [0, 0.05) is 0 Å². The van der Waals surface area contributed by atoms with Gasteiger partial charge in [0.2, 0.25) is 5.75 Å². The molecular weight excluding hydrogens is 272 g/mol. The maximum atomic E-state index is 5.35. The van der Waals surface area contributed by atoms with Crippen molar-refractivity contribution >= 4 is 15.9 Å². The predicted molar refractivity (Wildman–Crippen MR) is 67.9 cm³/mol. The Kier molecular flexibility index (Phi) is 4.47. The smallest absolute Gasteiger partial charge is 0.204 e. The van der Waals surface area contributed by atoms with E-state index in [1.807, 2.05) is 6.07 Å². The van der Waals surface area contributed by atoms with E-state index in [2.05, 4.69) is 29.8 Å². The van der Waals surface area contributed by atoms with Crippen molar-refractivity contribution in [2.45, 2.75) is 19.8 Å². The van der Waals surface area contributed by atoms with Crippen molar-refractivity contribution in [3.05, 3.63) is 16.1 Å². The van der Waals surface area contributed by atoms with Crippen LogP contribution in [0.4, 0.5) is 0 Å². The molecule has 3 nitrogen and oxygen atoms in total. The van der Waals surface area contributed by atoms with Crippen LogP contribution in [0.3, 0.4) is 0 Å². The standard InChI is InChI=1S/C12H17BrO3/c1-7(2)8-6-9(14-3)11(15-4)12(16-5)10(8)13/h6-7H,1-5H3. The Bertz CT molecular complexity index is 375. The summed E-state index contributed by atoms with van der Waals surface area (Å²) < 4.78 is 16.9. The summed E-state index contributed by atoms with van der Waals surface area (Å²) >= 11 is 3.54. The van der Waals surface area contributed by atoms with E-state index in [0.29, 0.717) is 23.2 Å². The normalized spacial score (nSPS) is 10.4. The lowest BCUT2D eigenvalue weighted by Crippen LogP contribution is -2.00. The first-order chi connectivity index (χ1) is 7.56. The Labute approximate surface area is 105 Å². The molecule has 0 radical (unpaired) electrons. The Morgan fingerprint density at radius 1 is 1.00 bits per heavy atom. The van der Waals surface area contributed by atoms with Crippen molar-refractivity contribution in [2.24, 2.45) is 0 Å². The predicted octanol–water partition coefficient (Wildman–Crippen LogP) is 3.60. The molecule has 0 unspecified atom stereocenters. The highest BCUT2D eigenvalue weighted by Gasteiger charge is 2.20. The molecule has 1 aromatic carbocycles. The van der Waals surface area contributed by atoms with E-state index in [0.717, 1.165) is 10.0 Å². The second-order valence-electron chi connectivity index (χ2n) is 3.70. The molecule has 4 heteroatoms. The second-order valence-corrected chi connectivity index (χ2v) is 4.50.